The minimum absolute atomic E-state index is 0.0368. The molecule has 0 fully saturated rings. The number of carbonyl (C=O) groups is 1. The van der Waals surface area contributed by atoms with Crippen LogP contribution >= 0.6 is 0 Å². The minimum Gasteiger partial charge on any atom is -0.380 e. The first-order chi connectivity index (χ1) is 9.20. The third-order valence-corrected chi connectivity index (χ3v) is 3.52. The van der Waals surface area contributed by atoms with Crippen LogP contribution in [0.15, 0.2) is 66.7 Å². The molecule has 3 rings (SSSR count). The maximum absolute atomic E-state index is 11.8. The molecule has 0 aromatic heterocycles. The normalized spacial score (nSPS) is 22.4. The molecule has 0 bridgehead atoms. The van der Waals surface area contributed by atoms with Gasteiger partial charge in [0.15, 0.2) is 5.78 Å². The van der Waals surface area contributed by atoms with Gasteiger partial charge in [-0.2, -0.15) is 0 Å². The molecule has 0 amide bonds. The van der Waals surface area contributed by atoms with Gasteiger partial charge in [-0.1, -0.05) is 60.7 Å². The fourth-order valence-corrected chi connectivity index (χ4v) is 2.59. The van der Waals surface area contributed by atoms with Crippen molar-refractivity contribution >= 4 is 11.4 Å². The molecule has 0 unspecified atom stereocenters. The Morgan fingerprint density at radius 1 is 0.895 bits per heavy atom. The molecule has 19 heavy (non-hydrogen) atoms. The van der Waals surface area contributed by atoms with E-state index in [1.54, 1.807) is 6.08 Å². The lowest BCUT2D eigenvalue weighted by molar-refractivity contribution is -0.116. The summed E-state index contributed by atoms with van der Waals surface area (Å²) in [4.78, 5) is 11.8. The van der Waals surface area contributed by atoms with Gasteiger partial charge in [0.05, 0.1) is 0 Å². The summed E-state index contributed by atoms with van der Waals surface area (Å²) in [5.74, 6) is -0.0368. The summed E-state index contributed by atoms with van der Waals surface area (Å²) in [6.45, 7) is 0. The number of benzene rings is 2. The van der Waals surface area contributed by atoms with Gasteiger partial charge in [0.2, 0.25) is 0 Å². The van der Waals surface area contributed by atoms with Gasteiger partial charge in [-0.05, 0) is 22.8 Å². The lowest BCUT2D eigenvalue weighted by Crippen LogP contribution is -2.25. The Labute approximate surface area is 112 Å². The minimum atomic E-state index is -1.21. The maximum atomic E-state index is 11.8. The van der Waals surface area contributed by atoms with Crippen LogP contribution in [0.1, 0.15) is 17.5 Å². The predicted molar refractivity (Wildman–Crippen MR) is 74.4 cm³/mol. The third kappa shape index (κ3) is 2.00. The molecular formula is C17H14O2. The summed E-state index contributed by atoms with van der Waals surface area (Å²) < 4.78 is 0. The van der Waals surface area contributed by atoms with E-state index < -0.39 is 5.60 Å². The number of allylic oxidation sites excluding steroid dienone is 1. The highest BCUT2D eigenvalue weighted by molar-refractivity contribution is 6.05. The third-order valence-electron chi connectivity index (χ3n) is 3.52. The van der Waals surface area contributed by atoms with E-state index in [0.29, 0.717) is 5.57 Å². The van der Waals surface area contributed by atoms with Crippen molar-refractivity contribution in [2.75, 3.05) is 0 Å². The van der Waals surface area contributed by atoms with Crippen LogP contribution in [0.25, 0.3) is 5.57 Å². The molecule has 0 saturated heterocycles. The second-order valence-electron chi connectivity index (χ2n) is 4.79. The summed E-state index contributed by atoms with van der Waals surface area (Å²) in [5.41, 5.74) is 1.12. The Morgan fingerprint density at radius 3 is 2.11 bits per heavy atom. The molecule has 0 radical (unpaired) electrons. The van der Waals surface area contributed by atoms with Crippen molar-refractivity contribution in [3.63, 3.8) is 0 Å². The van der Waals surface area contributed by atoms with Gasteiger partial charge in [-0.25, -0.2) is 0 Å². The average molecular weight is 250 g/mol. The number of aliphatic hydroxyl groups is 1. The number of hydrogen-bond acceptors (Lipinski definition) is 2. The average Bonchev–Trinajstić information content (AvgIpc) is 2.77. The molecule has 2 aromatic rings. The molecular weight excluding hydrogens is 236 g/mol. The smallest absolute Gasteiger partial charge is 0.159 e. The second kappa shape index (κ2) is 4.48. The highest BCUT2D eigenvalue weighted by Gasteiger charge is 2.41. The second-order valence-corrected chi connectivity index (χ2v) is 4.79. The predicted octanol–water partition coefficient (Wildman–Crippen LogP) is 2.93. The molecule has 2 heteroatoms. The van der Waals surface area contributed by atoms with Gasteiger partial charge < -0.3 is 5.11 Å². The number of hydrogen-bond donors (Lipinski definition) is 1. The van der Waals surface area contributed by atoms with Crippen LogP contribution in [0.2, 0.25) is 0 Å². The Bertz CT molecular complexity index is 629. The van der Waals surface area contributed by atoms with Crippen molar-refractivity contribution in [3.05, 3.63) is 77.9 Å². The fraction of sp³-hybridized carbons (Fsp3) is 0.118. The molecule has 1 aliphatic carbocycles. The number of carbonyl (C=O) groups excluding carboxylic acids is 1. The van der Waals surface area contributed by atoms with E-state index in [0.717, 1.165) is 11.1 Å². The van der Waals surface area contributed by atoms with Crippen LogP contribution < -0.4 is 0 Å². The van der Waals surface area contributed by atoms with Crippen LogP contribution in [0, 0.1) is 0 Å². The molecule has 1 atom stereocenters. The van der Waals surface area contributed by atoms with E-state index >= 15 is 0 Å². The zero-order chi connectivity index (χ0) is 13.3. The van der Waals surface area contributed by atoms with Crippen molar-refractivity contribution in [1.82, 2.24) is 0 Å². The largest absolute Gasteiger partial charge is 0.380 e. The molecule has 0 spiro atoms. The summed E-state index contributed by atoms with van der Waals surface area (Å²) in [6.07, 6.45) is 1.67. The van der Waals surface area contributed by atoms with E-state index in [2.05, 4.69) is 0 Å². The van der Waals surface area contributed by atoms with E-state index in [1.165, 1.54) is 0 Å². The van der Waals surface area contributed by atoms with Crippen LogP contribution in [0.4, 0.5) is 0 Å². The monoisotopic (exact) mass is 250 g/mol. The molecule has 0 heterocycles. The van der Waals surface area contributed by atoms with Gasteiger partial charge in [-0.3, -0.25) is 4.79 Å². The molecule has 94 valence electrons. The Kier molecular flexibility index (Phi) is 2.80. The summed E-state index contributed by atoms with van der Waals surface area (Å²) in [6, 6.07) is 18.9. The lowest BCUT2D eigenvalue weighted by Gasteiger charge is -2.26. The molecule has 1 aliphatic rings. The number of rotatable bonds is 2. The Morgan fingerprint density at radius 2 is 1.47 bits per heavy atom. The summed E-state index contributed by atoms with van der Waals surface area (Å²) in [5, 5.41) is 11.0. The van der Waals surface area contributed by atoms with Crippen LogP contribution in [0.3, 0.4) is 0 Å². The van der Waals surface area contributed by atoms with E-state index in [-0.39, 0.29) is 12.2 Å². The van der Waals surface area contributed by atoms with Crippen molar-refractivity contribution in [2.24, 2.45) is 0 Å². The van der Waals surface area contributed by atoms with Crippen molar-refractivity contribution in [3.8, 4) is 0 Å². The van der Waals surface area contributed by atoms with Gasteiger partial charge in [0.25, 0.3) is 0 Å². The molecule has 0 aliphatic heterocycles. The van der Waals surface area contributed by atoms with Gasteiger partial charge in [0, 0.05) is 6.42 Å². The van der Waals surface area contributed by atoms with E-state index in [1.807, 2.05) is 60.7 Å². The fourth-order valence-electron chi connectivity index (χ4n) is 2.59. The van der Waals surface area contributed by atoms with Crippen molar-refractivity contribution in [1.29, 1.82) is 0 Å². The maximum Gasteiger partial charge on any atom is 0.159 e. The SMILES string of the molecule is O=C1C=C(c2ccccc2)[C@@](O)(c2ccccc2)C1. The first-order valence-corrected chi connectivity index (χ1v) is 6.28. The van der Waals surface area contributed by atoms with E-state index in [4.69, 9.17) is 0 Å². The highest BCUT2D eigenvalue weighted by atomic mass is 16.3. The highest BCUT2D eigenvalue weighted by Crippen LogP contribution is 2.43. The molecule has 0 saturated carbocycles. The number of ketones is 1. The summed E-state index contributed by atoms with van der Waals surface area (Å²) >= 11 is 0. The Balaban J connectivity index is 2.12. The van der Waals surface area contributed by atoms with Crippen molar-refractivity contribution < 1.29 is 9.90 Å². The lowest BCUT2D eigenvalue weighted by atomic mass is 9.84. The zero-order valence-electron chi connectivity index (χ0n) is 10.4. The molecule has 2 nitrogen and oxygen atoms in total. The first-order valence-electron chi connectivity index (χ1n) is 6.28. The van der Waals surface area contributed by atoms with E-state index in [9.17, 15) is 9.90 Å². The van der Waals surface area contributed by atoms with Crippen LogP contribution in [0.5, 0.6) is 0 Å². The topological polar surface area (TPSA) is 37.3 Å². The van der Waals surface area contributed by atoms with Gasteiger partial charge in [-0.15, -0.1) is 0 Å². The zero-order valence-corrected chi connectivity index (χ0v) is 10.4. The van der Waals surface area contributed by atoms with Gasteiger partial charge in [0.1, 0.15) is 5.60 Å². The summed E-state index contributed by atoms with van der Waals surface area (Å²) in [7, 11) is 0. The van der Waals surface area contributed by atoms with Crippen molar-refractivity contribution in [2.45, 2.75) is 12.0 Å². The van der Waals surface area contributed by atoms with Crippen LogP contribution in [-0.4, -0.2) is 10.9 Å². The Hall–Kier alpha value is -2.19. The molecule has 1 N–H and O–H groups in total. The standard InChI is InChI=1S/C17H14O2/c18-15-11-16(13-7-3-1-4-8-13)17(19,12-15)14-9-5-2-6-10-14/h1-11,19H,12H2/t17-/m0/s1. The van der Waals surface area contributed by atoms with Crippen LogP contribution in [-0.2, 0) is 10.4 Å². The molecule has 2 aromatic carbocycles. The van der Waals surface area contributed by atoms with Gasteiger partial charge >= 0.3 is 0 Å². The first kappa shape index (κ1) is 11.9. The quantitative estimate of drug-likeness (QED) is 0.889.